The summed E-state index contributed by atoms with van der Waals surface area (Å²) in [7, 11) is 0. The molecular weight excluding hydrogens is 254 g/mol. The summed E-state index contributed by atoms with van der Waals surface area (Å²) in [5, 5.41) is 19.6. The highest BCUT2D eigenvalue weighted by Crippen LogP contribution is 2.24. The molecule has 7 heteroatoms. The fourth-order valence-corrected chi connectivity index (χ4v) is 1.48. The Bertz CT molecular complexity index is 605. The van der Waals surface area contributed by atoms with E-state index in [1.807, 2.05) is 0 Å². The molecule has 0 fully saturated rings. The Labute approximate surface area is 107 Å². The number of hydrogen-bond acceptors (Lipinski definition) is 5. The third-order valence-corrected chi connectivity index (χ3v) is 2.38. The molecule has 0 bridgehead atoms. The molecule has 98 valence electrons. The first kappa shape index (κ1) is 12.6. The number of benzene rings is 1. The number of rotatable bonds is 5. The summed E-state index contributed by atoms with van der Waals surface area (Å²) < 4.78 is 10.2. The Morgan fingerprint density at radius 3 is 2.79 bits per heavy atom. The van der Waals surface area contributed by atoms with E-state index in [2.05, 4.69) is 0 Å². The summed E-state index contributed by atoms with van der Waals surface area (Å²) in [6, 6.07) is 5.28. The van der Waals surface area contributed by atoms with Gasteiger partial charge < -0.3 is 14.3 Å². The molecule has 0 aliphatic heterocycles. The molecular formula is C12H9NO6. The van der Waals surface area contributed by atoms with Crippen molar-refractivity contribution >= 4 is 11.7 Å². The number of carbonyl (C=O) groups is 1. The summed E-state index contributed by atoms with van der Waals surface area (Å²) in [6.45, 7) is 0.188. The van der Waals surface area contributed by atoms with E-state index in [1.165, 1.54) is 18.6 Å². The molecule has 19 heavy (non-hydrogen) atoms. The predicted octanol–water partition coefficient (Wildman–Crippen LogP) is 2.47. The van der Waals surface area contributed by atoms with Crippen molar-refractivity contribution in [2.75, 3.05) is 0 Å². The highest BCUT2D eigenvalue weighted by molar-refractivity contribution is 5.92. The highest BCUT2D eigenvalue weighted by atomic mass is 16.6. The van der Waals surface area contributed by atoms with E-state index < -0.39 is 22.1 Å². The van der Waals surface area contributed by atoms with Crippen LogP contribution in [0.15, 0.2) is 41.2 Å². The zero-order chi connectivity index (χ0) is 13.8. The van der Waals surface area contributed by atoms with Gasteiger partial charge in [-0.15, -0.1) is 0 Å². The molecule has 7 nitrogen and oxygen atoms in total. The van der Waals surface area contributed by atoms with Crippen LogP contribution in [-0.4, -0.2) is 16.0 Å². The average Bonchev–Trinajstić information content (AvgIpc) is 2.88. The number of furan rings is 1. The minimum absolute atomic E-state index is 0.188. The highest BCUT2D eigenvalue weighted by Gasteiger charge is 2.20. The Hall–Kier alpha value is -2.83. The lowest BCUT2D eigenvalue weighted by molar-refractivity contribution is -0.385. The molecule has 1 aromatic carbocycles. The first-order chi connectivity index (χ1) is 9.08. The average molecular weight is 263 g/mol. The largest absolute Gasteiger partial charge is 0.489 e. The summed E-state index contributed by atoms with van der Waals surface area (Å²) >= 11 is 0. The van der Waals surface area contributed by atoms with Gasteiger partial charge in [-0.3, -0.25) is 10.1 Å². The van der Waals surface area contributed by atoms with Crippen molar-refractivity contribution in [3.63, 3.8) is 0 Å². The summed E-state index contributed by atoms with van der Waals surface area (Å²) in [4.78, 5) is 20.9. The number of carboxylic acids is 1. The van der Waals surface area contributed by atoms with Gasteiger partial charge >= 0.3 is 5.97 Å². The molecule has 1 heterocycles. The SMILES string of the molecule is O=C(O)c1cc(OCc2ccoc2)ccc1[N+](=O)[O-]. The van der Waals surface area contributed by atoms with Crippen LogP contribution in [-0.2, 0) is 6.61 Å². The van der Waals surface area contributed by atoms with Crippen LogP contribution in [0.2, 0.25) is 0 Å². The van der Waals surface area contributed by atoms with Crippen LogP contribution in [0.5, 0.6) is 5.75 Å². The monoisotopic (exact) mass is 263 g/mol. The number of nitro groups is 1. The maximum Gasteiger partial charge on any atom is 0.342 e. The smallest absolute Gasteiger partial charge is 0.342 e. The molecule has 0 aliphatic rings. The van der Waals surface area contributed by atoms with Crippen molar-refractivity contribution in [1.29, 1.82) is 0 Å². The van der Waals surface area contributed by atoms with E-state index in [4.69, 9.17) is 14.3 Å². The quantitative estimate of drug-likeness (QED) is 0.656. The Balaban J connectivity index is 2.20. The molecule has 0 saturated heterocycles. The fraction of sp³-hybridized carbons (Fsp3) is 0.0833. The molecule has 0 unspecified atom stereocenters. The Kier molecular flexibility index (Phi) is 3.46. The van der Waals surface area contributed by atoms with Crippen molar-refractivity contribution in [1.82, 2.24) is 0 Å². The normalized spacial score (nSPS) is 10.1. The molecule has 0 spiro atoms. The summed E-state index contributed by atoms with van der Waals surface area (Å²) in [5.41, 5.74) is -0.104. The van der Waals surface area contributed by atoms with Gasteiger partial charge in [0, 0.05) is 17.7 Å². The molecule has 1 aromatic heterocycles. The molecule has 2 aromatic rings. The lowest BCUT2D eigenvalue weighted by Gasteiger charge is -2.05. The Morgan fingerprint density at radius 2 is 2.21 bits per heavy atom. The van der Waals surface area contributed by atoms with Crippen LogP contribution in [0.4, 0.5) is 5.69 Å². The van der Waals surface area contributed by atoms with E-state index in [9.17, 15) is 14.9 Å². The molecule has 0 radical (unpaired) electrons. The van der Waals surface area contributed by atoms with Gasteiger partial charge in [0.15, 0.2) is 0 Å². The Morgan fingerprint density at radius 1 is 1.42 bits per heavy atom. The molecule has 0 saturated carbocycles. The van der Waals surface area contributed by atoms with Crippen LogP contribution >= 0.6 is 0 Å². The van der Waals surface area contributed by atoms with Crippen molar-refractivity contribution in [2.45, 2.75) is 6.61 Å². The fourth-order valence-electron chi connectivity index (χ4n) is 1.48. The van der Waals surface area contributed by atoms with E-state index >= 15 is 0 Å². The van der Waals surface area contributed by atoms with Crippen LogP contribution < -0.4 is 4.74 Å². The van der Waals surface area contributed by atoms with Gasteiger partial charge in [-0.1, -0.05) is 0 Å². The van der Waals surface area contributed by atoms with Crippen molar-refractivity contribution in [2.24, 2.45) is 0 Å². The topological polar surface area (TPSA) is 103 Å². The molecule has 2 rings (SSSR count). The number of ether oxygens (including phenoxy) is 1. The molecule has 0 atom stereocenters. The van der Waals surface area contributed by atoms with Gasteiger partial charge in [0.25, 0.3) is 5.69 Å². The minimum Gasteiger partial charge on any atom is -0.489 e. The third kappa shape index (κ3) is 2.89. The maximum atomic E-state index is 10.9. The first-order valence-electron chi connectivity index (χ1n) is 5.23. The van der Waals surface area contributed by atoms with Gasteiger partial charge in [-0.05, 0) is 12.1 Å². The molecule has 0 amide bonds. The van der Waals surface area contributed by atoms with E-state index in [-0.39, 0.29) is 12.4 Å². The second-order valence-corrected chi connectivity index (χ2v) is 3.66. The van der Waals surface area contributed by atoms with E-state index in [1.54, 1.807) is 6.07 Å². The van der Waals surface area contributed by atoms with Crippen LogP contribution in [0.25, 0.3) is 0 Å². The first-order valence-corrected chi connectivity index (χ1v) is 5.23. The zero-order valence-corrected chi connectivity index (χ0v) is 9.61. The number of hydrogen-bond donors (Lipinski definition) is 1. The standard InChI is InChI=1S/C12H9NO6/c14-12(15)10-5-9(1-2-11(10)13(16)17)19-7-8-3-4-18-6-8/h1-6H,7H2,(H,14,15). The lowest BCUT2D eigenvalue weighted by atomic mass is 10.1. The van der Waals surface area contributed by atoms with E-state index in [0.29, 0.717) is 0 Å². The van der Waals surface area contributed by atoms with Crippen molar-refractivity contribution in [3.8, 4) is 5.75 Å². The minimum atomic E-state index is -1.37. The van der Waals surface area contributed by atoms with Gasteiger partial charge in [-0.2, -0.15) is 0 Å². The van der Waals surface area contributed by atoms with Gasteiger partial charge in [0.1, 0.15) is 17.9 Å². The maximum absolute atomic E-state index is 10.9. The number of aromatic carboxylic acids is 1. The van der Waals surface area contributed by atoms with E-state index in [0.717, 1.165) is 17.7 Å². The van der Waals surface area contributed by atoms with Gasteiger partial charge in [0.05, 0.1) is 17.4 Å². The lowest BCUT2D eigenvalue weighted by Crippen LogP contribution is -2.03. The number of nitrogens with zero attached hydrogens (tertiary/aromatic N) is 1. The number of nitro benzene ring substituents is 1. The second kappa shape index (κ2) is 5.21. The van der Waals surface area contributed by atoms with Crippen molar-refractivity contribution in [3.05, 3.63) is 58.0 Å². The third-order valence-electron chi connectivity index (χ3n) is 2.38. The van der Waals surface area contributed by atoms with Crippen LogP contribution in [0, 0.1) is 10.1 Å². The predicted molar refractivity (Wildman–Crippen MR) is 63.1 cm³/mol. The van der Waals surface area contributed by atoms with Crippen LogP contribution in [0.3, 0.4) is 0 Å². The summed E-state index contributed by atoms with van der Waals surface area (Å²) in [6.07, 6.45) is 2.97. The van der Waals surface area contributed by atoms with Gasteiger partial charge in [0.2, 0.25) is 0 Å². The van der Waals surface area contributed by atoms with Crippen molar-refractivity contribution < 1.29 is 24.0 Å². The van der Waals surface area contributed by atoms with Crippen LogP contribution in [0.1, 0.15) is 15.9 Å². The van der Waals surface area contributed by atoms with Gasteiger partial charge in [-0.25, -0.2) is 4.79 Å². The number of carboxylic acid groups (broad SMARTS) is 1. The molecule has 1 N–H and O–H groups in total. The second-order valence-electron chi connectivity index (χ2n) is 3.66. The zero-order valence-electron chi connectivity index (χ0n) is 9.61. The summed E-state index contributed by atoms with van der Waals surface area (Å²) in [5.74, 6) is -1.13. The molecule has 0 aliphatic carbocycles.